The van der Waals surface area contributed by atoms with Crippen molar-refractivity contribution < 1.29 is 0 Å². The fourth-order valence-corrected chi connectivity index (χ4v) is 4.91. The average Bonchev–Trinajstić information content (AvgIpc) is 3.08. The second kappa shape index (κ2) is 6.56. The number of likely N-dealkylation sites (tertiary alicyclic amines) is 1. The van der Waals surface area contributed by atoms with Gasteiger partial charge in [-0.15, -0.1) is 0 Å². The van der Waals surface area contributed by atoms with E-state index in [1.54, 1.807) is 6.33 Å². The van der Waals surface area contributed by atoms with Crippen LogP contribution in [0.2, 0.25) is 0 Å². The lowest BCUT2D eigenvalue weighted by atomic mass is 10.00. The molecule has 2 aromatic heterocycles. The molecule has 25 heavy (non-hydrogen) atoms. The van der Waals surface area contributed by atoms with Gasteiger partial charge in [-0.3, -0.25) is 0 Å². The first-order valence-corrected chi connectivity index (χ1v) is 10.1. The van der Waals surface area contributed by atoms with Crippen molar-refractivity contribution in [3.05, 3.63) is 12.2 Å². The highest BCUT2D eigenvalue weighted by Gasteiger charge is 2.28. The fraction of sp³-hybridized carbons (Fsp3) is 0.737. The van der Waals surface area contributed by atoms with Gasteiger partial charge in [0, 0.05) is 32.1 Å². The molecule has 2 aromatic rings. The number of aromatic nitrogens is 4. The van der Waals surface area contributed by atoms with Crippen molar-refractivity contribution in [2.24, 2.45) is 0 Å². The minimum Gasteiger partial charge on any atom is -0.355 e. The number of nitrogens with zero attached hydrogens (tertiary/aromatic N) is 6. The van der Waals surface area contributed by atoms with E-state index in [1.807, 2.05) is 0 Å². The molecule has 3 aliphatic heterocycles. The third-order valence-corrected chi connectivity index (χ3v) is 6.29. The molecule has 0 N–H and O–H groups in total. The van der Waals surface area contributed by atoms with Gasteiger partial charge in [-0.05, 0) is 51.6 Å². The maximum absolute atomic E-state index is 4.92. The molecule has 5 rings (SSSR count). The molecule has 0 aromatic carbocycles. The molecule has 2 fully saturated rings. The molecule has 0 amide bonds. The van der Waals surface area contributed by atoms with Crippen molar-refractivity contribution >= 4 is 17.0 Å². The maximum Gasteiger partial charge on any atom is 0.165 e. The van der Waals surface area contributed by atoms with Crippen LogP contribution in [-0.4, -0.2) is 56.6 Å². The van der Waals surface area contributed by atoms with E-state index in [0.29, 0.717) is 0 Å². The summed E-state index contributed by atoms with van der Waals surface area (Å²) in [7, 11) is 0. The van der Waals surface area contributed by atoms with Crippen molar-refractivity contribution in [3.8, 4) is 0 Å². The molecular formula is C19H28N6. The van der Waals surface area contributed by atoms with Crippen LogP contribution >= 0.6 is 0 Å². The number of rotatable bonds is 2. The van der Waals surface area contributed by atoms with Gasteiger partial charge < -0.3 is 14.4 Å². The van der Waals surface area contributed by atoms with E-state index < -0.39 is 0 Å². The number of anilines is 1. The molecule has 0 radical (unpaired) electrons. The second-order valence-electron chi connectivity index (χ2n) is 7.82. The van der Waals surface area contributed by atoms with E-state index in [1.165, 1.54) is 63.9 Å². The summed E-state index contributed by atoms with van der Waals surface area (Å²) in [4.78, 5) is 19.3. The van der Waals surface area contributed by atoms with Crippen molar-refractivity contribution in [2.45, 2.75) is 64.0 Å². The Morgan fingerprint density at radius 2 is 1.64 bits per heavy atom. The van der Waals surface area contributed by atoms with Crippen LogP contribution in [-0.2, 0) is 13.0 Å². The third kappa shape index (κ3) is 2.80. The normalized spacial score (nSPS) is 23.1. The molecule has 0 spiro atoms. The zero-order valence-corrected chi connectivity index (χ0v) is 15.0. The first-order valence-electron chi connectivity index (χ1n) is 10.1. The number of piperidine rings is 2. The van der Waals surface area contributed by atoms with Gasteiger partial charge in [0.2, 0.25) is 0 Å². The average molecular weight is 340 g/mol. The molecule has 0 aliphatic carbocycles. The highest BCUT2D eigenvalue weighted by Crippen LogP contribution is 2.29. The molecule has 0 saturated carbocycles. The Kier molecular flexibility index (Phi) is 4.08. The first-order chi connectivity index (χ1) is 12.4. The molecule has 0 unspecified atom stereocenters. The number of hydrogen-bond donors (Lipinski definition) is 0. The summed E-state index contributed by atoms with van der Waals surface area (Å²) in [6, 6.07) is 0.768. The van der Waals surface area contributed by atoms with Crippen LogP contribution in [0.15, 0.2) is 6.33 Å². The largest absolute Gasteiger partial charge is 0.355 e. The van der Waals surface area contributed by atoms with Crippen molar-refractivity contribution in [1.82, 2.24) is 24.4 Å². The molecule has 0 bridgehead atoms. The lowest BCUT2D eigenvalue weighted by Gasteiger charge is -2.40. The molecule has 5 heterocycles. The standard InChI is InChI=1S/C19H28N6/c1-3-9-23(10-4-1)15-7-12-24(13-8-15)18-17-19(21-14-20-18)25-11-5-2-6-16(25)22-17/h14-15H,1-13H2. The van der Waals surface area contributed by atoms with Gasteiger partial charge in [0.25, 0.3) is 0 Å². The minimum absolute atomic E-state index is 0.768. The van der Waals surface area contributed by atoms with Gasteiger partial charge in [-0.1, -0.05) is 6.42 Å². The van der Waals surface area contributed by atoms with E-state index in [2.05, 4.69) is 24.3 Å². The Labute approximate surface area is 149 Å². The van der Waals surface area contributed by atoms with Gasteiger partial charge >= 0.3 is 0 Å². The molecule has 0 atom stereocenters. The quantitative estimate of drug-likeness (QED) is 0.841. The molecule has 6 nitrogen and oxygen atoms in total. The maximum atomic E-state index is 4.92. The van der Waals surface area contributed by atoms with Crippen LogP contribution in [0, 0.1) is 0 Å². The van der Waals surface area contributed by atoms with E-state index in [0.717, 1.165) is 49.1 Å². The predicted octanol–water partition coefficient (Wildman–Crippen LogP) is 2.62. The van der Waals surface area contributed by atoms with E-state index >= 15 is 0 Å². The Morgan fingerprint density at radius 3 is 2.48 bits per heavy atom. The van der Waals surface area contributed by atoms with Crippen LogP contribution in [0.5, 0.6) is 0 Å². The minimum atomic E-state index is 0.768. The Balaban J connectivity index is 1.36. The summed E-state index contributed by atoms with van der Waals surface area (Å²) >= 11 is 0. The SMILES string of the molecule is c1nc(N2CCC(N3CCCCC3)CC2)c2nc3n(c2n1)CCCC3. The molecule has 6 heteroatoms. The summed E-state index contributed by atoms with van der Waals surface area (Å²) in [5.74, 6) is 2.26. The summed E-state index contributed by atoms with van der Waals surface area (Å²) in [5.41, 5.74) is 2.06. The molecule has 2 saturated heterocycles. The Hall–Kier alpha value is -1.69. The smallest absolute Gasteiger partial charge is 0.165 e. The van der Waals surface area contributed by atoms with E-state index in [4.69, 9.17) is 4.98 Å². The molecule has 134 valence electrons. The van der Waals surface area contributed by atoms with Crippen LogP contribution in [0.4, 0.5) is 5.82 Å². The molecule has 3 aliphatic rings. The number of aryl methyl sites for hydroxylation is 2. The summed E-state index contributed by atoms with van der Waals surface area (Å²) in [6.45, 7) is 5.84. The van der Waals surface area contributed by atoms with Crippen LogP contribution in [0.1, 0.15) is 50.8 Å². The summed E-state index contributed by atoms with van der Waals surface area (Å²) < 4.78 is 2.31. The monoisotopic (exact) mass is 340 g/mol. The lowest BCUT2D eigenvalue weighted by Crippen LogP contribution is -2.47. The van der Waals surface area contributed by atoms with Gasteiger partial charge in [0.1, 0.15) is 12.2 Å². The Morgan fingerprint density at radius 1 is 0.840 bits per heavy atom. The number of hydrogen-bond acceptors (Lipinski definition) is 5. The predicted molar refractivity (Wildman–Crippen MR) is 98.9 cm³/mol. The zero-order valence-electron chi connectivity index (χ0n) is 15.0. The summed E-state index contributed by atoms with van der Waals surface area (Å²) in [5, 5.41) is 0. The van der Waals surface area contributed by atoms with Crippen molar-refractivity contribution in [3.63, 3.8) is 0 Å². The number of fused-ring (bicyclic) bond motifs is 3. The summed E-state index contributed by atoms with van der Waals surface area (Å²) in [6.07, 6.45) is 12.0. The first kappa shape index (κ1) is 15.6. The van der Waals surface area contributed by atoms with Gasteiger partial charge in [0.05, 0.1) is 0 Å². The van der Waals surface area contributed by atoms with Crippen molar-refractivity contribution in [2.75, 3.05) is 31.1 Å². The highest BCUT2D eigenvalue weighted by atomic mass is 15.3. The third-order valence-electron chi connectivity index (χ3n) is 6.29. The number of imidazole rings is 1. The zero-order chi connectivity index (χ0) is 16.6. The highest BCUT2D eigenvalue weighted by molar-refractivity contribution is 5.84. The van der Waals surface area contributed by atoms with Gasteiger partial charge in [-0.25, -0.2) is 15.0 Å². The topological polar surface area (TPSA) is 50.1 Å². The van der Waals surface area contributed by atoms with Crippen molar-refractivity contribution in [1.29, 1.82) is 0 Å². The fourth-order valence-electron chi connectivity index (χ4n) is 4.91. The second-order valence-corrected chi connectivity index (χ2v) is 7.82. The van der Waals surface area contributed by atoms with Gasteiger partial charge in [-0.2, -0.15) is 0 Å². The van der Waals surface area contributed by atoms with E-state index in [9.17, 15) is 0 Å². The Bertz CT molecular complexity index is 740. The van der Waals surface area contributed by atoms with Gasteiger partial charge in [0.15, 0.2) is 17.0 Å². The van der Waals surface area contributed by atoms with Crippen LogP contribution in [0.25, 0.3) is 11.2 Å². The van der Waals surface area contributed by atoms with E-state index in [-0.39, 0.29) is 0 Å². The molecular weight excluding hydrogens is 312 g/mol. The van der Waals surface area contributed by atoms with Crippen LogP contribution < -0.4 is 4.90 Å². The lowest BCUT2D eigenvalue weighted by molar-refractivity contribution is 0.141. The van der Waals surface area contributed by atoms with Crippen LogP contribution in [0.3, 0.4) is 0 Å².